The molecule has 0 aliphatic carbocycles. The molecule has 0 spiro atoms. The summed E-state index contributed by atoms with van der Waals surface area (Å²) in [6, 6.07) is -0.342. The molecule has 1 aliphatic heterocycles. The molecule has 6 heteroatoms. The average Bonchev–Trinajstić information content (AvgIpc) is 2.41. The lowest BCUT2D eigenvalue weighted by atomic mass is 9.97. The van der Waals surface area contributed by atoms with Crippen LogP contribution in [-0.4, -0.2) is 78.1 Å². The fourth-order valence-corrected chi connectivity index (χ4v) is 2.93. The Bertz CT molecular complexity index is 354. The molecule has 0 aromatic rings. The lowest BCUT2D eigenvalue weighted by Crippen LogP contribution is -2.48. The number of carbonyl (C=O) groups is 2. The predicted molar refractivity (Wildman–Crippen MR) is 82.3 cm³/mol. The van der Waals surface area contributed by atoms with Gasteiger partial charge in [-0.1, -0.05) is 0 Å². The van der Waals surface area contributed by atoms with Crippen LogP contribution in [0, 0.1) is 5.92 Å². The highest BCUT2D eigenvalue weighted by Crippen LogP contribution is 2.18. The van der Waals surface area contributed by atoms with Crippen molar-refractivity contribution in [2.75, 3.05) is 40.3 Å². The van der Waals surface area contributed by atoms with E-state index in [-0.39, 0.29) is 18.5 Å². The Morgan fingerprint density at radius 2 is 1.90 bits per heavy atom. The number of carbonyl (C=O) groups excluding carboxylic acids is 1. The van der Waals surface area contributed by atoms with Gasteiger partial charge in [-0.15, -0.1) is 0 Å². The maximum Gasteiger partial charge on any atom is 0.319 e. The molecule has 1 heterocycles. The predicted octanol–water partition coefficient (Wildman–Crippen LogP) is 1.57. The van der Waals surface area contributed by atoms with Gasteiger partial charge < -0.3 is 19.8 Å². The summed E-state index contributed by atoms with van der Waals surface area (Å²) >= 11 is 0. The van der Waals surface area contributed by atoms with Gasteiger partial charge in [0.2, 0.25) is 0 Å². The molecule has 1 fully saturated rings. The van der Waals surface area contributed by atoms with Crippen LogP contribution >= 0.6 is 0 Å². The Hall–Kier alpha value is -1.30. The lowest BCUT2D eigenvalue weighted by molar-refractivity contribution is -0.138. The SMILES string of the molecule is CCN(C(=O)N(C)CC1CCN(C)CC1)C(C)CC(=O)O. The van der Waals surface area contributed by atoms with Crippen LogP contribution in [-0.2, 0) is 4.79 Å². The van der Waals surface area contributed by atoms with Crippen LogP contribution in [0.2, 0.25) is 0 Å². The van der Waals surface area contributed by atoms with Crippen molar-refractivity contribution in [3.63, 3.8) is 0 Å². The Labute approximate surface area is 127 Å². The zero-order chi connectivity index (χ0) is 16.0. The van der Waals surface area contributed by atoms with Crippen molar-refractivity contribution in [3.8, 4) is 0 Å². The van der Waals surface area contributed by atoms with Crippen molar-refractivity contribution >= 4 is 12.0 Å². The summed E-state index contributed by atoms with van der Waals surface area (Å²) < 4.78 is 0. The summed E-state index contributed by atoms with van der Waals surface area (Å²) in [4.78, 5) is 29.0. The molecule has 0 saturated carbocycles. The number of hydrogen-bond acceptors (Lipinski definition) is 3. The second-order valence-electron chi connectivity index (χ2n) is 6.14. The molecule has 122 valence electrons. The van der Waals surface area contributed by atoms with E-state index in [1.54, 1.807) is 16.7 Å². The first-order chi connectivity index (χ1) is 9.85. The number of carboxylic acid groups (broad SMARTS) is 1. The number of likely N-dealkylation sites (tertiary alicyclic amines) is 1. The van der Waals surface area contributed by atoms with Crippen molar-refractivity contribution in [1.82, 2.24) is 14.7 Å². The van der Waals surface area contributed by atoms with E-state index in [0.29, 0.717) is 12.5 Å². The second-order valence-corrected chi connectivity index (χ2v) is 6.14. The van der Waals surface area contributed by atoms with Crippen LogP contribution in [0.4, 0.5) is 4.79 Å². The van der Waals surface area contributed by atoms with E-state index in [2.05, 4.69) is 11.9 Å². The van der Waals surface area contributed by atoms with Crippen molar-refractivity contribution in [2.45, 2.75) is 39.2 Å². The Morgan fingerprint density at radius 3 is 2.38 bits per heavy atom. The molecule has 1 atom stereocenters. The van der Waals surface area contributed by atoms with Gasteiger partial charge in [-0.25, -0.2) is 4.79 Å². The zero-order valence-electron chi connectivity index (χ0n) is 13.7. The minimum absolute atomic E-state index is 0.0123. The number of piperidine rings is 1. The molecule has 2 amide bonds. The fraction of sp³-hybridized carbons (Fsp3) is 0.867. The molecule has 0 bridgehead atoms. The molecule has 0 radical (unpaired) electrons. The summed E-state index contributed by atoms with van der Waals surface area (Å²) in [6.45, 7) is 7.13. The van der Waals surface area contributed by atoms with E-state index in [4.69, 9.17) is 5.11 Å². The number of nitrogens with zero attached hydrogens (tertiary/aromatic N) is 3. The fourth-order valence-electron chi connectivity index (χ4n) is 2.93. The van der Waals surface area contributed by atoms with Gasteiger partial charge in [0.15, 0.2) is 0 Å². The normalized spacial score (nSPS) is 18.3. The van der Waals surface area contributed by atoms with Crippen LogP contribution in [0.1, 0.15) is 33.1 Å². The van der Waals surface area contributed by atoms with Crippen molar-refractivity contribution < 1.29 is 14.7 Å². The number of carboxylic acids is 1. The van der Waals surface area contributed by atoms with Crippen LogP contribution in [0.15, 0.2) is 0 Å². The summed E-state index contributed by atoms with van der Waals surface area (Å²) in [5.41, 5.74) is 0. The van der Waals surface area contributed by atoms with Crippen LogP contribution < -0.4 is 0 Å². The number of rotatable bonds is 6. The summed E-state index contributed by atoms with van der Waals surface area (Å²) in [6.07, 6.45) is 2.22. The van der Waals surface area contributed by atoms with Crippen LogP contribution in [0.5, 0.6) is 0 Å². The topological polar surface area (TPSA) is 64.1 Å². The standard InChI is InChI=1S/C15H29N3O3/c1-5-18(12(2)10-14(19)20)15(21)17(4)11-13-6-8-16(3)9-7-13/h12-13H,5-11H2,1-4H3,(H,19,20). The first-order valence-corrected chi connectivity index (χ1v) is 7.77. The Morgan fingerprint density at radius 1 is 1.33 bits per heavy atom. The minimum atomic E-state index is -0.869. The van der Waals surface area contributed by atoms with E-state index < -0.39 is 5.97 Å². The van der Waals surface area contributed by atoms with Gasteiger partial charge in [0.1, 0.15) is 0 Å². The highest BCUT2D eigenvalue weighted by molar-refractivity contribution is 5.75. The molecule has 1 unspecified atom stereocenters. The van der Waals surface area contributed by atoms with Crippen molar-refractivity contribution in [3.05, 3.63) is 0 Å². The lowest BCUT2D eigenvalue weighted by Gasteiger charge is -2.35. The monoisotopic (exact) mass is 299 g/mol. The van der Waals surface area contributed by atoms with Crippen LogP contribution in [0.25, 0.3) is 0 Å². The van der Waals surface area contributed by atoms with E-state index in [9.17, 15) is 9.59 Å². The Balaban J connectivity index is 2.52. The van der Waals surface area contributed by atoms with E-state index in [1.165, 1.54) is 0 Å². The second kappa shape index (κ2) is 8.22. The zero-order valence-corrected chi connectivity index (χ0v) is 13.7. The third kappa shape index (κ3) is 5.53. The summed E-state index contributed by atoms with van der Waals surface area (Å²) in [5, 5.41) is 8.88. The molecule has 0 aromatic carbocycles. The van der Waals surface area contributed by atoms with E-state index in [0.717, 1.165) is 32.5 Å². The third-order valence-corrected chi connectivity index (χ3v) is 4.29. The molecule has 1 N–H and O–H groups in total. The van der Waals surface area contributed by atoms with Gasteiger partial charge in [0.05, 0.1) is 6.42 Å². The molecule has 1 saturated heterocycles. The first-order valence-electron chi connectivity index (χ1n) is 7.77. The highest BCUT2D eigenvalue weighted by atomic mass is 16.4. The summed E-state index contributed by atoms with van der Waals surface area (Å²) in [5.74, 6) is -0.324. The van der Waals surface area contributed by atoms with Gasteiger partial charge in [0.25, 0.3) is 0 Å². The molecular formula is C15H29N3O3. The average molecular weight is 299 g/mol. The Kier molecular flexibility index (Phi) is 6.95. The van der Waals surface area contributed by atoms with Crippen molar-refractivity contribution in [1.29, 1.82) is 0 Å². The van der Waals surface area contributed by atoms with Gasteiger partial charge in [-0.3, -0.25) is 4.79 Å². The minimum Gasteiger partial charge on any atom is -0.481 e. The van der Waals surface area contributed by atoms with Gasteiger partial charge in [0, 0.05) is 26.2 Å². The quantitative estimate of drug-likeness (QED) is 0.808. The maximum absolute atomic E-state index is 12.5. The van der Waals surface area contributed by atoms with E-state index in [1.807, 2.05) is 14.0 Å². The van der Waals surface area contributed by atoms with Crippen molar-refractivity contribution in [2.24, 2.45) is 5.92 Å². The molecule has 6 nitrogen and oxygen atoms in total. The number of aliphatic carboxylic acids is 1. The first kappa shape index (κ1) is 17.8. The van der Waals surface area contributed by atoms with Crippen LogP contribution in [0.3, 0.4) is 0 Å². The molecule has 0 aromatic heterocycles. The maximum atomic E-state index is 12.5. The highest BCUT2D eigenvalue weighted by Gasteiger charge is 2.26. The summed E-state index contributed by atoms with van der Waals surface area (Å²) in [7, 11) is 3.94. The van der Waals surface area contributed by atoms with Gasteiger partial charge in [-0.05, 0) is 52.7 Å². The largest absolute Gasteiger partial charge is 0.481 e. The van der Waals surface area contributed by atoms with Gasteiger partial charge in [-0.2, -0.15) is 0 Å². The molecule has 1 rings (SSSR count). The molecule has 1 aliphatic rings. The number of hydrogen-bond donors (Lipinski definition) is 1. The van der Waals surface area contributed by atoms with E-state index >= 15 is 0 Å². The molecular weight excluding hydrogens is 270 g/mol. The smallest absolute Gasteiger partial charge is 0.319 e. The number of urea groups is 1. The third-order valence-electron chi connectivity index (χ3n) is 4.29. The molecule has 21 heavy (non-hydrogen) atoms. The number of amides is 2. The van der Waals surface area contributed by atoms with Gasteiger partial charge >= 0.3 is 12.0 Å².